The maximum absolute atomic E-state index is 2.49. The van der Waals surface area contributed by atoms with Crippen molar-refractivity contribution in [1.82, 2.24) is 0 Å². The highest BCUT2D eigenvalue weighted by atomic mass is 28.3. The molecule has 1 heterocycles. The number of rotatable bonds is 4. The highest BCUT2D eigenvalue weighted by molar-refractivity contribution is 6.89. The van der Waals surface area contributed by atoms with Gasteiger partial charge in [0.05, 0.1) is 8.07 Å². The summed E-state index contributed by atoms with van der Waals surface area (Å²) in [4.78, 5) is 0. The van der Waals surface area contributed by atoms with Crippen molar-refractivity contribution < 1.29 is 4.57 Å². The third kappa shape index (κ3) is 4.45. The number of aromatic nitrogens is 1. The summed E-state index contributed by atoms with van der Waals surface area (Å²) >= 11 is 0. The molecule has 1 aromatic carbocycles. The lowest BCUT2D eigenvalue weighted by Crippen LogP contribution is -2.48. The molecule has 0 spiro atoms. The minimum atomic E-state index is -1.35. The molecule has 0 aliphatic rings. The second-order valence-electron chi connectivity index (χ2n) is 9.51. The Morgan fingerprint density at radius 2 is 1.54 bits per heavy atom. The van der Waals surface area contributed by atoms with Crippen LogP contribution in [-0.4, -0.2) is 16.1 Å². The maximum atomic E-state index is 2.49. The first kappa shape index (κ1) is 19.1. The van der Waals surface area contributed by atoms with Crippen molar-refractivity contribution in [1.29, 1.82) is 0 Å². The van der Waals surface area contributed by atoms with E-state index in [-0.39, 0.29) is 0 Å². The van der Waals surface area contributed by atoms with Crippen LogP contribution in [0.15, 0.2) is 30.5 Å². The zero-order chi connectivity index (χ0) is 18.3. The molecule has 0 saturated heterocycles. The van der Waals surface area contributed by atoms with E-state index in [0.29, 0.717) is 0 Å². The van der Waals surface area contributed by atoms with Gasteiger partial charge in [-0.15, -0.1) is 0 Å². The summed E-state index contributed by atoms with van der Waals surface area (Å²) in [5, 5.41) is 1.63. The van der Waals surface area contributed by atoms with Crippen molar-refractivity contribution in [3.8, 4) is 11.3 Å². The van der Waals surface area contributed by atoms with Crippen molar-refractivity contribution in [2.75, 3.05) is 0 Å². The van der Waals surface area contributed by atoms with Crippen LogP contribution in [0.3, 0.4) is 0 Å². The van der Waals surface area contributed by atoms with Gasteiger partial charge in [-0.1, -0.05) is 57.0 Å². The zero-order valence-corrected chi connectivity index (χ0v) is 19.0. The second-order valence-corrected chi connectivity index (χ2v) is 20.0. The Kier molecular flexibility index (Phi) is 5.26. The highest BCUT2D eigenvalue weighted by Gasteiger charge is 2.28. The Balaban J connectivity index is 2.68. The van der Waals surface area contributed by atoms with Crippen LogP contribution >= 0.6 is 0 Å². The van der Waals surface area contributed by atoms with Crippen LogP contribution in [0.4, 0.5) is 0 Å². The van der Waals surface area contributed by atoms with Gasteiger partial charge in [0, 0.05) is 24.9 Å². The average molecular weight is 357 g/mol. The lowest BCUT2D eigenvalue weighted by Gasteiger charge is -2.24. The van der Waals surface area contributed by atoms with E-state index < -0.39 is 16.1 Å². The van der Waals surface area contributed by atoms with Gasteiger partial charge in [0.25, 0.3) is 0 Å². The van der Waals surface area contributed by atoms with Gasteiger partial charge in [-0.25, -0.2) is 4.57 Å². The van der Waals surface area contributed by atoms with Gasteiger partial charge in [0.2, 0.25) is 5.69 Å². The average Bonchev–Trinajstić information content (AvgIpc) is 2.38. The summed E-state index contributed by atoms with van der Waals surface area (Å²) in [6.07, 6.45) is 2.43. The topological polar surface area (TPSA) is 3.88 Å². The van der Waals surface area contributed by atoms with Gasteiger partial charge >= 0.3 is 0 Å². The van der Waals surface area contributed by atoms with Crippen LogP contribution in [0, 0.1) is 13.8 Å². The summed E-state index contributed by atoms with van der Waals surface area (Å²) in [6, 6.07) is 10.6. The predicted octanol–water partition coefficient (Wildman–Crippen LogP) is 4.76. The molecule has 0 N–H and O–H groups in total. The van der Waals surface area contributed by atoms with E-state index in [1.165, 1.54) is 28.4 Å². The molecule has 1 aromatic heterocycles. The standard InChI is InChI=1S/C21H34NSi2/c1-16-10-11-19(17(2)12-16)20-13-18(15-23(4,5)6)21(14-22(20)3)24(7,8)9/h10-14H,15H2,1-9H3/q+1. The normalized spacial score (nSPS) is 12.5. The smallest absolute Gasteiger partial charge is 0.201 e. The van der Waals surface area contributed by atoms with E-state index in [2.05, 4.69) is 95.2 Å². The minimum absolute atomic E-state index is 1.16. The van der Waals surface area contributed by atoms with Gasteiger partial charge in [-0.05, 0) is 37.1 Å². The first-order valence-electron chi connectivity index (χ1n) is 8.99. The third-order valence-corrected chi connectivity index (χ3v) is 8.05. The molecule has 0 fully saturated rings. The van der Waals surface area contributed by atoms with Gasteiger partial charge in [0.1, 0.15) is 7.05 Å². The van der Waals surface area contributed by atoms with Crippen LogP contribution in [-0.2, 0) is 13.1 Å². The Labute approximate surface area is 150 Å². The first-order chi connectivity index (χ1) is 10.9. The SMILES string of the molecule is Cc1ccc(-c2cc(C[Si](C)(C)C)c([Si](C)(C)C)c[n+]2C)c(C)c1. The predicted molar refractivity (Wildman–Crippen MR) is 113 cm³/mol. The molecule has 1 nitrogen and oxygen atoms in total. The van der Waals surface area contributed by atoms with Crippen LogP contribution in [0.25, 0.3) is 11.3 Å². The van der Waals surface area contributed by atoms with E-state index in [0.717, 1.165) is 0 Å². The fraction of sp³-hybridized carbons (Fsp3) is 0.476. The molecule has 0 unspecified atom stereocenters. The maximum Gasteiger partial charge on any atom is 0.212 e. The van der Waals surface area contributed by atoms with Crippen LogP contribution in [0.5, 0.6) is 0 Å². The number of aryl methyl sites for hydroxylation is 3. The van der Waals surface area contributed by atoms with Gasteiger partial charge in [-0.2, -0.15) is 0 Å². The first-order valence-corrected chi connectivity index (χ1v) is 16.2. The molecule has 2 rings (SSSR count). The van der Waals surface area contributed by atoms with E-state index in [1.807, 2.05) is 0 Å². The summed E-state index contributed by atoms with van der Waals surface area (Å²) in [6.45, 7) is 19.2. The van der Waals surface area contributed by atoms with Crippen molar-refractivity contribution in [3.63, 3.8) is 0 Å². The molecule has 0 saturated carbocycles. The second kappa shape index (κ2) is 6.60. The largest absolute Gasteiger partial charge is 0.212 e. The summed E-state index contributed by atoms with van der Waals surface area (Å²) in [5.74, 6) is 0. The fourth-order valence-corrected chi connectivity index (χ4v) is 6.77. The minimum Gasteiger partial charge on any atom is -0.201 e. The Bertz CT molecular complexity index is 750. The van der Waals surface area contributed by atoms with Crippen molar-refractivity contribution in [3.05, 3.63) is 47.2 Å². The molecule has 2 aromatic rings. The fourth-order valence-electron chi connectivity index (χ4n) is 3.45. The number of hydrogen-bond acceptors (Lipinski definition) is 0. The van der Waals surface area contributed by atoms with Crippen LogP contribution < -0.4 is 9.75 Å². The molecule has 130 valence electrons. The lowest BCUT2D eigenvalue weighted by atomic mass is 10.0. The number of hydrogen-bond donors (Lipinski definition) is 0. The quantitative estimate of drug-likeness (QED) is 0.549. The lowest BCUT2D eigenvalue weighted by molar-refractivity contribution is -0.659. The van der Waals surface area contributed by atoms with Crippen molar-refractivity contribution in [2.24, 2.45) is 7.05 Å². The molecule has 0 radical (unpaired) electrons. The molecule has 0 bridgehead atoms. The molecule has 0 atom stereocenters. The van der Waals surface area contributed by atoms with Gasteiger partial charge < -0.3 is 0 Å². The molecular weight excluding hydrogens is 322 g/mol. The third-order valence-electron chi connectivity index (χ3n) is 4.55. The van der Waals surface area contributed by atoms with Crippen LogP contribution in [0.1, 0.15) is 16.7 Å². The van der Waals surface area contributed by atoms with E-state index >= 15 is 0 Å². The van der Waals surface area contributed by atoms with E-state index in [9.17, 15) is 0 Å². The molecule has 24 heavy (non-hydrogen) atoms. The highest BCUT2D eigenvalue weighted by Crippen LogP contribution is 2.24. The Morgan fingerprint density at radius 1 is 0.917 bits per heavy atom. The van der Waals surface area contributed by atoms with Crippen LogP contribution in [0.2, 0.25) is 39.3 Å². The number of nitrogens with zero attached hydrogens (tertiary/aromatic N) is 1. The van der Waals surface area contributed by atoms with Gasteiger partial charge in [0.15, 0.2) is 6.20 Å². The number of pyridine rings is 1. The van der Waals surface area contributed by atoms with E-state index in [1.54, 1.807) is 10.8 Å². The van der Waals surface area contributed by atoms with E-state index in [4.69, 9.17) is 0 Å². The molecular formula is C21H34NSi2+. The Hall–Kier alpha value is -1.20. The number of benzene rings is 1. The molecule has 3 heteroatoms. The molecule has 0 aliphatic carbocycles. The summed E-state index contributed by atoms with van der Waals surface area (Å²) < 4.78 is 2.35. The van der Waals surface area contributed by atoms with Crippen molar-refractivity contribution in [2.45, 2.75) is 59.2 Å². The molecule has 0 amide bonds. The monoisotopic (exact) mass is 356 g/mol. The Morgan fingerprint density at radius 3 is 2.04 bits per heavy atom. The van der Waals surface area contributed by atoms with Crippen molar-refractivity contribution >= 4 is 21.3 Å². The molecule has 0 aliphatic heterocycles. The summed E-state index contributed by atoms with van der Waals surface area (Å²) in [5.41, 5.74) is 7.01. The van der Waals surface area contributed by atoms with Gasteiger partial charge in [-0.3, -0.25) is 0 Å². The summed E-state index contributed by atoms with van der Waals surface area (Å²) in [7, 11) is -0.308. The zero-order valence-electron chi connectivity index (χ0n) is 17.0.